The fourth-order valence-electron chi connectivity index (χ4n) is 6.39. The van der Waals surface area contributed by atoms with Crippen molar-refractivity contribution in [2.75, 3.05) is 34.5 Å². The van der Waals surface area contributed by atoms with E-state index in [-0.39, 0.29) is 55.7 Å². The molecule has 5 rings (SSSR count). The van der Waals surface area contributed by atoms with Crippen molar-refractivity contribution in [1.29, 1.82) is 0 Å². The number of nitrogens with one attached hydrogen (secondary N) is 4. The predicted octanol–water partition coefficient (Wildman–Crippen LogP) is 12.4. The van der Waals surface area contributed by atoms with Crippen LogP contribution in [-0.2, 0) is 30.9 Å². The van der Waals surface area contributed by atoms with Gasteiger partial charge in [-0.25, -0.2) is 0 Å². The van der Waals surface area contributed by atoms with Crippen LogP contribution in [0, 0.1) is 0 Å². The van der Waals surface area contributed by atoms with Crippen molar-refractivity contribution < 1.29 is 38.2 Å². The zero-order valence-electron chi connectivity index (χ0n) is 37.7. The number of halogens is 5. The van der Waals surface area contributed by atoms with Crippen LogP contribution >= 0.6 is 58.0 Å². The van der Waals surface area contributed by atoms with Crippen molar-refractivity contribution in [3.8, 4) is 11.5 Å². The highest BCUT2D eigenvalue weighted by Crippen LogP contribution is 2.32. The molecule has 0 aliphatic heterocycles. The highest BCUT2D eigenvalue weighted by molar-refractivity contribution is 6.32. The van der Waals surface area contributed by atoms with E-state index in [0.717, 1.165) is 13.8 Å². The molecule has 0 saturated heterocycles. The van der Waals surface area contributed by atoms with Crippen LogP contribution in [0.2, 0.25) is 10.0 Å². The number of azo groups is 2. The Morgan fingerprint density at radius 1 is 0.565 bits per heavy atom. The number of hydrogen-bond donors (Lipinski definition) is 4. The molecule has 0 heterocycles. The van der Waals surface area contributed by atoms with E-state index in [2.05, 4.69) is 41.7 Å². The van der Waals surface area contributed by atoms with Gasteiger partial charge in [-0.05, 0) is 118 Å². The Morgan fingerprint density at radius 3 is 1.42 bits per heavy atom. The second kappa shape index (κ2) is 25.3. The zero-order chi connectivity index (χ0) is 50.4. The van der Waals surface area contributed by atoms with E-state index < -0.39 is 52.7 Å². The average Bonchev–Trinajstić information content (AvgIpc) is 3.29. The summed E-state index contributed by atoms with van der Waals surface area (Å²) in [5.41, 5.74) is 3.21. The number of ether oxygens (including phenoxy) is 2. The van der Waals surface area contributed by atoms with Gasteiger partial charge in [-0.1, -0.05) is 35.3 Å². The number of amides is 4. The summed E-state index contributed by atoms with van der Waals surface area (Å²) in [5, 5.41) is 26.5. The van der Waals surface area contributed by atoms with Crippen LogP contribution in [0.4, 0.5) is 34.1 Å². The molecule has 69 heavy (non-hydrogen) atoms. The minimum atomic E-state index is -1.64. The molecule has 16 nitrogen and oxygen atoms in total. The summed E-state index contributed by atoms with van der Waals surface area (Å²) in [7, 11) is 0. The molecule has 4 N–H and O–H groups in total. The summed E-state index contributed by atoms with van der Waals surface area (Å²) >= 11 is 31.4. The fraction of sp³-hybridized carbons (Fsp3) is 0.250. The number of Topliss-reactive ketones (excluding diaryl/α,β-unsaturated/α-hetero) is 2. The third-order valence-corrected chi connectivity index (χ3v) is 11.0. The lowest BCUT2D eigenvalue weighted by atomic mass is 10.1. The van der Waals surface area contributed by atoms with E-state index in [9.17, 15) is 28.8 Å². The Labute approximate surface area is 422 Å². The molecule has 21 heteroatoms. The third kappa shape index (κ3) is 15.0. The predicted molar refractivity (Wildman–Crippen MR) is 269 cm³/mol. The number of anilines is 4. The van der Waals surface area contributed by atoms with Crippen molar-refractivity contribution in [1.82, 2.24) is 0 Å². The van der Waals surface area contributed by atoms with Crippen LogP contribution in [-0.4, -0.2) is 60.5 Å². The highest BCUT2D eigenvalue weighted by atomic mass is 35.5. The van der Waals surface area contributed by atoms with Crippen LogP contribution < -0.4 is 30.7 Å². The quantitative estimate of drug-likeness (QED) is 0.0314. The molecule has 0 bridgehead atoms. The van der Waals surface area contributed by atoms with E-state index in [0.29, 0.717) is 52.8 Å². The summed E-state index contributed by atoms with van der Waals surface area (Å²) in [5.74, 6) is -2.81. The van der Waals surface area contributed by atoms with Crippen molar-refractivity contribution in [2.24, 2.45) is 20.5 Å². The molecular formula is C48H45Cl5N8O8. The Balaban J connectivity index is 1.28. The summed E-state index contributed by atoms with van der Waals surface area (Å²) in [4.78, 5) is 79.1. The molecule has 3 unspecified atom stereocenters. The minimum Gasteiger partial charge on any atom is -0.494 e. The third-order valence-electron chi connectivity index (χ3n) is 9.71. The van der Waals surface area contributed by atoms with E-state index in [1.54, 1.807) is 43.3 Å². The first-order valence-corrected chi connectivity index (χ1v) is 23.3. The molecule has 4 amide bonds. The zero-order valence-corrected chi connectivity index (χ0v) is 41.4. The largest absolute Gasteiger partial charge is 0.494 e. The summed E-state index contributed by atoms with van der Waals surface area (Å²) in [6, 6.07) is 19.7. The molecule has 5 aromatic carbocycles. The fourth-order valence-corrected chi connectivity index (χ4v) is 7.49. The van der Waals surface area contributed by atoms with Crippen LogP contribution in [0.15, 0.2) is 111 Å². The van der Waals surface area contributed by atoms with Gasteiger partial charge in [0.1, 0.15) is 11.5 Å². The van der Waals surface area contributed by atoms with Crippen LogP contribution in [0.25, 0.3) is 0 Å². The van der Waals surface area contributed by atoms with Gasteiger partial charge in [0.2, 0.25) is 12.1 Å². The first kappa shape index (κ1) is 53.5. The van der Waals surface area contributed by atoms with E-state index >= 15 is 0 Å². The molecule has 0 aliphatic carbocycles. The molecule has 5 aromatic rings. The molecule has 0 aromatic heterocycles. The second-order valence-electron chi connectivity index (χ2n) is 14.9. The van der Waals surface area contributed by atoms with Crippen molar-refractivity contribution in [3.63, 3.8) is 0 Å². The Kier molecular flexibility index (Phi) is 19.6. The van der Waals surface area contributed by atoms with Crippen molar-refractivity contribution >= 4 is 127 Å². The maximum Gasteiger partial charge on any atom is 0.258 e. The number of rotatable bonds is 21. The first-order chi connectivity index (χ1) is 32.9. The normalized spacial score (nSPS) is 12.5. The van der Waals surface area contributed by atoms with Crippen molar-refractivity contribution in [3.05, 3.63) is 129 Å². The Hall–Kier alpha value is -6.43. The van der Waals surface area contributed by atoms with E-state index in [1.807, 2.05) is 13.8 Å². The second-order valence-corrected chi connectivity index (χ2v) is 17.0. The van der Waals surface area contributed by atoms with Crippen molar-refractivity contribution in [2.45, 2.75) is 63.8 Å². The standard InChI is InChI=1S/C48H45Cl5N8O8/c1-6-68-37-11-8-28(23-49)41(21-37)56-45(64)30-14-32(52)18-35(16-30)58-60-43(26(4)62)47(66)54-34-10-13-40(39(20-34)25(3)51)55-48(67)44(27(5)63)61-59-36-17-31(15-33(53)19-36)46(65)57-42-22-38(69-7-2)12-9-29(42)24-50/h8-22,25,43-44H,6-7,23-24H2,1-5H3,(H,54,66)(H,55,67)(H,56,64)(H,57,65). The topological polar surface area (TPSA) is 218 Å². The van der Waals surface area contributed by atoms with Crippen LogP contribution in [0.3, 0.4) is 0 Å². The van der Waals surface area contributed by atoms with E-state index in [4.69, 9.17) is 67.5 Å². The first-order valence-electron chi connectivity index (χ1n) is 21.0. The number of hydrogen-bond acceptors (Lipinski definition) is 12. The van der Waals surface area contributed by atoms with Gasteiger partial charge < -0.3 is 30.7 Å². The minimum absolute atomic E-state index is 0.0768. The molecular weight excluding hydrogens is 994 g/mol. The Morgan fingerprint density at radius 2 is 1.01 bits per heavy atom. The van der Waals surface area contributed by atoms with Gasteiger partial charge in [-0.3, -0.25) is 28.8 Å². The molecule has 360 valence electrons. The number of carbonyl (C=O) groups is 6. The lowest BCUT2D eigenvalue weighted by Gasteiger charge is -2.17. The molecule has 0 aliphatic rings. The summed E-state index contributed by atoms with van der Waals surface area (Å²) in [6.45, 7) is 8.41. The van der Waals surface area contributed by atoms with Gasteiger partial charge in [0, 0.05) is 67.8 Å². The number of nitrogens with zero attached hydrogens (tertiary/aromatic N) is 4. The smallest absolute Gasteiger partial charge is 0.258 e. The maximum atomic E-state index is 13.6. The van der Waals surface area contributed by atoms with Crippen LogP contribution in [0.5, 0.6) is 11.5 Å². The SMILES string of the molecule is CCOc1ccc(CCl)c(NC(=O)c2cc(Cl)cc(N=NC(C(C)=O)C(=O)Nc3ccc(NC(=O)C(N=Nc4cc(Cl)cc(C(=O)Nc5cc(OCC)ccc5CCl)c4)C(C)=O)c(C(C)Cl)c3)c2)c1. The summed E-state index contributed by atoms with van der Waals surface area (Å²) in [6.07, 6.45) is 0. The molecule has 3 atom stereocenters. The molecule has 0 radical (unpaired) electrons. The van der Waals surface area contributed by atoms with Gasteiger partial charge in [-0.2, -0.15) is 20.5 Å². The lowest BCUT2D eigenvalue weighted by molar-refractivity contribution is -0.127. The highest BCUT2D eigenvalue weighted by Gasteiger charge is 2.27. The van der Waals surface area contributed by atoms with Crippen LogP contribution in [0.1, 0.15) is 77.4 Å². The number of benzene rings is 5. The lowest BCUT2D eigenvalue weighted by Crippen LogP contribution is -2.32. The van der Waals surface area contributed by atoms with Gasteiger partial charge in [0.05, 0.1) is 30.0 Å². The number of ketones is 2. The van der Waals surface area contributed by atoms with Gasteiger partial charge >= 0.3 is 0 Å². The number of carbonyl (C=O) groups excluding carboxylic acids is 6. The maximum absolute atomic E-state index is 13.6. The van der Waals surface area contributed by atoms with Gasteiger partial charge in [0.15, 0.2) is 11.6 Å². The summed E-state index contributed by atoms with van der Waals surface area (Å²) < 4.78 is 11.1. The van der Waals surface area contributed by atoms with Gasteiger partial charge in [-0.15, -0.1) is 34.8 Å². The van der Waals surface area contributed by atoms with Gasteiger partial charge in [0.25, 0.3) is 23.6 Å². The average molecular weight is 1040 g/mol. The number of alkyl halides is 3. The molecule has 0 saturated carbocycles. The van der Waals surface area contributed by atoms with E-state index in [1.165, 1.54) is 54.6 Å². The Bertz CT molecular complexity index is 2820. The monoisotopic (exact) mass is 1040 g/mol. The molecule has 0 spiro atoms. The molecule has 0 fully saturated rings.